The quantitative estimate of drug-likeness (QED) is 0.920. The Labute approximate surface area is 124 Å². The molecule has 0 aliphatic rings. The lowest BCUT2D eigenvalue weighted by molar-refractivity contribution is 0.367. The van der Waals surface area contributed by atoms with Crippen molar-refractivity contribution in [3.63, 3.8) is 0 Å². The number of benzene rings is 1. The Kier molecular flexibility index (Phi) is 4.68. The average Bonchev–Trinajstić information content (AvgIpc) is 2.69. The van der Waals surface area contributed by atoms with Gasteiger partial charge in [-0.25, -0.2) is 4.68 Å². The fourth-order valence-corrected chi connectivity index (χ4v) is 2.49. The van der Waals surface area contributed by atoms with Gasteiger partial charge in [-0.1, -0.05) is 23.7 Å². The summed E-state index contributed by atoms with van der Waals surface area (Å²) in [5.74, 6) is 0.799. The largest absolute Gasteiger partial charge is 0.481 e. The first-order chi connectivity index (χ1) is 9.52. The van der Waals surface area contributed by atoms with Crippen LogP contribution in [0.2, 0.25) is 5.02 Å². The molecule has 5 heteroatoms. The third-order valence-corrected chi connectivity index (χ3v) is 3.65. The number of halogens is 1. The molecule has 2 aromatic rings. The van der Waals surface area contributed by atoms with Gasteiger partial charge in [-0.15, -0.1) is 0 Å². The van der Waals surface area contributed by atoms with Gasteiger partial charge in [0, 0.05) is 24.7 Å². The molecule has 1 aromatic carbocycles. The molecular weight excluding hydrogens is 274 g/mol. The first-order valence-corrected chi connectivity index (χ1v) is 6.96. The summed E-state index contributed by atoms with van der Waals surface area (Å²) in [6.45, 7) is 4.81. The maximum Gasteiger partial charge on any atom is 0.216 e. The minimum absolute atomic E-state index is 0.206. The number of nitrogens with one attached hydrogen (secondary N) is 1. The summed E-state index contributed by atoms with van der Waals surface area (Å²) < 4.78 is 7.15. The van der Waals surface area contributed by atoms with Crippen molar-refractivity contribution in [3.05, 3.63) is 46.1 Å². The summed E-state index contributed by atoms with van der Waals surface area (Å²) in [6, 6.07) is 8.10. The zero-order valence-corrected chi connectivity index (χ0v) is 13.0. The maximum atomic E-state index is 6.02. The van der Waals surface area contributed by atoms with E-state index in [2.05, 4.69) is 23.4 Å². The molecular formula is C15H20ClN3O. The van der Waals surface area contributed by atoms with Gasteiger partial charge in [0.25, 0.3) is 0 Å². The van der Waals surface area contributed by atoms with E-state index >= 15 is 0 Å². The number of aromatic nitrogens is 2. The predicted octanol–water partition coefficient (Wildman–Crippen LogP) is 3.24. The highest BCUT2D eigenvalue weighted by atomic mass is 35.5. The Morgan fingerprint density at radius 2 is 2.20 bits per heavy atom. The molecule has 0 radical (unpaired) electrons. The molecule has 20 heavy (non-hydrogen) atoms. The van der Waals surface area contributed by atoms with Gasteiger partial charge in [0.2, 0.25) is 5.88 Å². The minimum atomic E-state index is 0.206. The van der Waals surface area contributed by atoms with Crippen LogP contribution in [0.3, 0.4) is 0 Å². The lowest BCUT2D eigenvalue weighted by Gasteiger charge is -2.15. The zero-order valence-electron chi connectivity index (χ0n) is 12.3. The van der Waals surface area contributed by atoms with Crippen LogP contribution in [-0.4, -0.2) is 16.9 Å². The Balaban J connectivity index is 2.09. The molecule has 0 bridgehead atoms. The van der Waals surface area contributed by atoms with Gasteiger partial charge in [0.05, 0.1) is 18.4 Å². The second-order valence-corrected chi connectivity index (χ2v) is 5.29. The molecule has 1 atom stereocenters. The first-order valence-electron chi connectivity index (χ1n) is 6.58. The molecule has 1 aromatic heterocycles. The van der Waals surface area contributed by atoms with E-state index in [0.29, 0.717) is 6.54 Å². The summed E-state index contributed by atoms with van der Waals surface area (Å²) in [7, 11) is 3.55. The number of ether oxygens (including phenoxy) is 1. The summed E-state index contributed by atoms with van der Waals surface area (Å²) in [4.78, 5) is 0. The molecule has 1 heterocycles. The van der Waals surface area contributed by atoms with Crippen LogP contribution in [-0.2, 0) is 13.6 Å². The van der Waals surface area contributed by atoms with E-state index in [4.69, 9.17) is 16.3 Å². The van der Waals surface area contributed by atoms with E-state index in [9.17, 15) is 0 Å². The van der Waals surface area contributed by atoms with Crippen LogP contribution in [0.4, 0.5) is 0 Å². The molecule has 0 spiro atoms. The van der Waals surface area contributed by atoms with Crippen molar-refractivity contribution in [3.8, 4) is 5.88 Å². The van der Waals surface area contributed by atoms with Gasteiger partial charge in [0.15, 0.2) is 0 Å². The first kappa shape index (κ1) is 14.9. The minimum Gasteiger partial charge on any atom is -0.481 e. The highest BCUT2D eigenvalue weighted by molar-refractivity contribution is 6.30. The van der Waals surface area contributed by atoms with Gasteiger partial charge in [-0.3, -0.25) is 0 Å². The SMILES string of the molecule is COc1c(CN[C@@H](C)c2cccc(Cl)c2)c(C)nn1C. The molecule has 108 valence electrons. The number of methoxy groups -OCH3 is 1. The fourth-order valence-electron chi connectivity index (χ4n) is 2.29. The van der Waals surface area contributed by atoms with Crippen LogP contribution in [0, 0.1) is 6.92 Å². The molecule has 0 fully saturated rings. The van der Waals surface area contributed by atoms with E-state index in [-0.39, 0.29) is 6.04 Å². The fraction of sp³-hybridized carbons (Fsp3) is 0.400. The number of nitrogens with zero attached hydrogens (tertiary/aromatic N) is 2. The van der Waals surface area contributed by atoms with Crippen LogP contribution in [0.5, 0.6) is 5.88 Å². The number of hydrogen-bond donors (Lipinski definition) is 1. The Bertz CT molecular complexity index is 595. The summed E-state index contributed by atoms with van der Waals surface area (Å²) in [6.07, 6.45) is 0. The average molecular weight is 294 g/mol. The highest BCUT2D eigenvalue weighted by Crippen LogP contribution is 2.23. The van der Waals surface area contributed by atoms with E-state index in [1.807, 2.05) is 32.2 Å². The Morgan fingerprint density at radius 3 is 2.85 bits per heavy atom. The van der Waals surface area contributed by atoms with Crippen molar-refractivity contribution in [2.75, 3.05) is 7.11 Å². The normalized spacial score (nSPS) is 12.4. The summed E-state index contributed by atoms with van der Waals surface area (Å²) in [5, 5.41) is 8.61. The topological polar surface area (TPSA) is 39.1 Å². The third-order valence-electron chi connectivity index (χ3n) is 3.42. The van der Waals surface area contributed by atoms with E-state index in [1.165, 1.54) is 0 Å². The van der Waals surface area contributed by atoms with Crippen molar-refractivity contribution in [1.29, 1.82) is 0 Å². The molecule has 0 aliphatic carbocycles. The van der Waals surface area contributed by atoms with Crippen LogP contribution >= 0.6 is 11.6 Å². The highest BCUT2D eigenvalue weighted by Gasteiger charge is 2.14. The standard InChI is InChI=1S/C15H20ClN3O/c1-10(12-6-5-7-13(16)8-12)17-9-14-11(2)18-19(3)15(14)20-4/h5-8,10,17H,9H2,1-4H3/t10-/m0/s1. The van der Waals surface area contributed by atoms with E-state index in [1.54, 1.807) is 11.8 Å². The number of rotatable bonds is 5. The Hall–Kier alpha value is -1.52. The molecule has 1 N–H and O–H groups in total. The zero-order chi connectivity index (χ0) is 14.7. The molecule has 4 nitrogen and oxygen atoms in total. The van der Waals surface area contributed by atoms with Crippen molar-refractivity contribution in [2.24, 2.45) is 7.05 Å². The summed E-state index contributed by atoms with van der Waals surface area (Å²) >= 11 is 6.02. The van der Waals surface area contributed by atoms with Gasteiger partial charge in [-0.2, -0.15) is 5.10 Å². The lowest BCUT2D eigenvalue weighted by atomic mass is 10.1. The number of aryl methyl sites for hydroxylation is 2. The molecule has 0 unspecified atom stereocenters. The monoisotopic (exact) mass is 293 g/mol. The molecule has 0 aliphatic heterocycles. The predicted molar refractivity (Wildman–Crippen MR) is 81.2 cm³/mol. The molecule has 0 amide bonds. The third kappa shape index (κ3) is 3.14. The second-order valence-electron chi connectivity index (χ2n) is 4.85. The van der Waals surface area contributed by atoms with Crippen LogP contribution in [0.15, 0.2) is 24.3 Å². The lowest BCUT2D eigenvalue weighted by Crippen LogP contribution is -2.18. The van der Waals surface area contributed by atoms with Gasteiger partial charge in [0.1, 0.15) is 0 Å². The van der Waals surface area contributed by atoms with Gasteiger partial charge < -0.3 is 10.1 Å². The molecule has 2 rings (SSSR count). The van der Waals surface area contributed by atoms with Crippen molar-refractivity contribution in [2.45, 2.75) is 26.4 Å². The van der Waals surface area contributed by atoms with E-state index in [0.717, 1.165) is 27.7 Å². The smallest absolute Gasteiger partial charge is 0.216 e. The number of hydrogen-bond acceptors (Lipinski definition) is 3. The van der Waals surface area contributed by atoms with Gasteiger partial charge in [-0.05, 0) is 31.5 Å². The van der Waals surface area contributed by atoms with Crippen LogP contribution in [0.25, 0.3) is 0 Å². The second kappa shape index (κ2) is 6.29. The van der Waals surface area contributed by atoms with Crippen LogP contribution in [0.1, 0.15) is 29.8 Å². The van der Waals surface area contributed by atoms with Crippen molar-refractivity contribution >= 4 is 11.6 Å². The molecule has 0 saturated heterocycles. The summed E-state index contributed by atoms with van der Waals surface area (Å²) in [5.41, 5.74) is 3.23. The van der Waals surface area contributed by atoms with Crippen LogP contribution < -0.4 is 10.1 Å². The maximum absolute atomic E-state index is 6.02. The Morgan fingerprint density at radius 1 is 1.45 bits per heavy atom. The van der Waals surface area contributed by atoms with Crippen molar-refractivity contribution < 1.29 is 4.74 Å². The van der Waals surface area contributed by atoms with E-state index < -0.39 is 0 Å². The molecule has 0 saturated carbocycles. The van der Waals surface area contributed by atoms with Crippen molar-refractivity contribution in [1.82, 2.24) is 15.1 Å². The van der Waals surface area contributed by atoms with Gasteiger partial charge >= 0.3 is 0 Å².